The molecule has 0 aliphatic carbocycles. The van der Waals surface area contributed by atoms with Crippen LogP contribution in [0.4, 0.5) is 10.6 Å². The standard InChI is InChI=1S/C28H47N5O3/c1-21-16-24(29-33(21)23-9-12-31(13-10-23)25(34)36-26(2,3)4)32-14-8-22(17-27(32,5)6)18-30-19-28(20-30)11-7-15-35-28/h16,22-23H,7-15,17-20H2,1-6H3. The normalized spacial score (nSPS) is 26.9. The van der Waals surface area contributed by atoms with Gasteiger partial charge < -0.3 is 19.3 Å². The van der Waals surface area contributed by atoms with Crippen molar-refractivity contribution in [1.82, 2.24) is 19.6 Å². The van der Waals surface area contributed by atoms with Gasteiger partial charge in [0.05, 0.1) is 11.6 Å². The van der Waals surface area contributed by atoms with Crippen LogP contribution in [0.15, 0.2) is 6.07 Å². The molecule has 4 saturated heterocycles. The molecule has 0 N–H and O–H groups in total. The average molecular weight is 502 g/mol. The molecule has 1 aromatic heterocycles. The molecule has 5 heterocycles. The van der Waals surface area contributed by atoms with Gasteiger partial charge >= 0.3 is 6.09 Å². The summed E-state index contributed by atoms with van der Waals surface area (Å²) in [6.45, 7) is 19.6. The Balaban J connectivity index is 1.15. The molecule has 1 atom stereocenters. The van der Waals surface area contributed by atoms with Crippen molar-refractivity contribution in [2.45, 2.75) is 103 Å². The lowest BCUT2D eigenvalue weighted by Crippen LogP contribution is -2.63. The Hall–Kier alpha value is -1.80. The summed E-state index contributed by atoms with van der Waals surface area (Å²) < 4.78 is 13.8. The van der Waals surface area contributed by atoms with E-state index in [0.717, 1.165) is 50.8 Å². The molecule has 36 heavy (non-hydrogen) atoms. The molecular weight excluding hydrogens is 454 g/mol. The first-order valence-electron chi connectivity index (χ1n) is 14.1. The van der Waals surface area contributed by atoms with Gasteiger partial charge in [-0.2, -0.15) is 5.10 Å². The van der Waals surface area contributed by atoms with E-state index < -0.39 is 5.60 Å². The summed E-state index contributed by atoms with van der Waals surface area (Å²) in [7, 11) is 0. The minimum Gasteiger partial charge on any atom is -0.444 e. The fourth-order valence-electron chi connectivity index (χ4n) is 6.97. The zero-order valence-electron chi connectivity index (χ0n) is 23.4. The van der Waals surface area contributed by atoms with E-state index in [-0.39, 0.29) is 17.2 Å². The number of ether oxygens (including phenoxy) is 2. The quantitative estimate of drug-likeness (QED) is 0.600. The van der Waals surface area contributed by atoms with Gasteiger partial charge in [0.15, 0.2) is 5.82 Å². The summed E-state index contributed by atoms with van der Waals surface area (Å²) in [5.41, 5.74) is 1.04. The Morgan fingerprint density at radius 2 is 1.89 bits per heavy atom. The molecule has 202 valence electrons. The molecule has 8 heteroatoms. The van der Waals surface area contributed by atoms with Gasteiger partial charge in [0.25, 0.3) is 0 Å². The Morgan fingerprint density at radius 1 is 1.17 bits per heavy atom. The highest BCUT2D eigenvalue weighted by atomic mass is 16.6. The van der Waals surface area contributed by atoms with Crippen molar-refractivity contribution in [3.8, 4) is 0 Å². The van der Waals surface area contributed by atoms with Crippen LogP contribution in [0.25, 0.3) is 0 Å². The van der Waals surface area contributed by atoms with Crippen molar-refractivity contribution in [3.05, 3.63) is 11.8 Å². The van der Waals surface area contributed by atoms with E-state index in [9.17, 15) is 4.79 Å². The lowest BCUT2D eigenvalue weighted by Gasteiger charge is -2.51. The zero-order chi connectivity index (χ0) is 25.7. The highest BCUT2D eigenvalue weighted by molar-refractivity contribution is 5.68. The van der Waals surface area contributed by atoms with E-state index in [2.05, 4.69) is 41.3 Å². The predicted molar refractivity (Wildman–Crippen MR) is 142 cm³/mol. The van der Waals surface area contributed by atoms with E-state index in [1.165, 1.54) is 37.9 Å². The fraction of sp³-hybridized carbons (Fsp3) is 0.857. The molecule has 0 bridgehead atoms. The minimum atomic E-state index is -0.455. The Morgan fingerprint density at radius 3 is 2.50 bits per heavy atom. The third-order valence-electron chi connectivity index (χ3n) is 8.65. The number of carbonyl (C=O) groups is 1. The summed E-state index contributed by atoms with van der Waals surface area (Å²) in [4.78, 5) is 19.4. The molecule has 4 aliphatic heterocycles. The number of piperidine rings is 2. The maximum atomic E-state index is 12.5. The van der Waals surface area contributed by atoms with Crippen LogP contribution in [0.2, 0.25) is 0 Å². The van der Waals surface area contributed by atoms with Gasteiger partial charge in [0.1, 0.15) is 5.60 Å². The monoisotopic (exact) mass is 501 g/mol. The summed E-state index contributed by atoms with van der Waals surface area (Å²) in [6, 6.07) is 2.59. The summed E-state index contributed by atoms with van der Waals surface area (Å²) in [6.07, 6.45) is 6.50. The first-order valence-corrected chi connectivity index (χ1v) is 14.1. The first-order chi connectivity index (χ1) is 16.9. The Labute approximate surface area is 217 Å². The Bertz CT molecular complexity index is 929. The number of amides is 1. The molecule has 1 unspecified atom stereocenters. The van der Waals surface area contributed by atoms with Gasteiger partial charge in [0, 0.05) is 63.2 Å². The van der Waals surface area contributed by atoms with Crippen LogP contribution in [-0.2, 0) is 9.47 Å². The van der Waals surface area contributed by atoms with E-state index in [0.29, 0.717) is 19.1 Å². The fourth-order valence-corrected chi connectivity index (χ4v) is 6.97. The van der Waals surface area contributed by atoms with Gasteiger partial charge in [0.2, 0.25) is 0 Å². The highest BCUT2D eigenvalue weighted by Crippen LogP contribution is 2.39. The third-order valence-corrected chi connectivity index (χ3v) is 8.65. The number of anilines is 1. The number of aryl methyl sites for hydroxylation is 1. The summed E-state index contributed by atoms with van der Waals surface area (Å²) in [5, 5.41) is 5.12. The topological polar surface area (TPSA) is 63.1 Å². The van der Waals surface area contributed by atoms with Crippen LogP contribution in [0.5, 0.6) is 0 Å². The van der Waals surface area contributed by atoms with Gasteiger partial charge in [-0.3, -0.25) is 9.58 Å². The molecule has 4 fully saturated rings. The first kappa shape index (κ1) is 25.8. The molecule has 5 rings (SSSR count). The number of hydrogen-bond acceptors (Lipinski definition) is 6. The van der Waals surface area contributed by atoms with Crippen LogP contribution in [0.3, 0.4) is 0 Å². The maximum absolute atomic E-state index is 12.5. The largest absolute Gasteiger partial charge is 0.444 e. The van der Waals surface area contributed by atoms with Crippen molar-refractivity contribution in [2.24, 2.45) is 5.92 Å². The second-order valence-corrected chi connectivity index (χ2v) is 13.4. The maximum Gasteiger partial charge on any atom is 0.410 e. The molecule has 0 saturated carbocycles. The number of rotatable bonds is 4. The molecule has 0 aromatic carbocycles. The smallest absolute Gasteiger partial charge is 0.410 e. The third kappa shape index (κ3) is 5.40. The van der Waals surface area contributed by atoms with Gasteiger partial charge in [-0.25, -0.2) is 4.79 Å². The zero-order valence-corrected chi connectivity index (χ0v) is 23.4. The number of aromatic nitrogens is 2. The molecule has 4 aliphatic rings. The van der Waals surface area contributed by atoms with Crippen molar-refractivity contribution in [2.75, 3.05) is 50.8 Å². The van der Waals surface area contributed by atoms with Crippen LogP contribution >= 0.6 is 0 Å². The average Bonchev–Trinajstić information content (AvgIpc) is 3.39. The lowest BCUT2D eigenvalue weighted by molar-refractivity contribution is -0.116. The van der Waals surface area contributed by atoms with Crippen molar-refractivity contribution in [3.63, 3.8) is 0 Å². The van der Waals surface area contributed by atoms with Gasteiger partial charge in [-0.1, -0.05) is 0 Å². The molecule has 0 radical (unpaired) electrons. The van der Waals surface area contributed by atoms with Gasteiger partial charge in [-0.05, 0) is 86.0 Å². The van der Waals surface area contributed by atoms with Crippen LogP contribution in [-0.4, -0.2) is 88.3 Å². The number of carbonyl (C=O) groups excluding carboxylic acids is 1. The molecule has 1 spiro atoms. The van der Waals surface area contributed by atoms with Crippen molar-refractivity contribution < 1.29 is 14.3 Å². The Kier molecular flexibility index (Phi) is 6.82. The molecular formula is C28H47N5O3. The van der Waals surface area contributed by atoms with E-state index in [4.69, 9.17) is 14.6 Å². The van der Waals surface area contributed by atoms with Crippen LogP contribution in [0.1, 0.15) is 84.9 Å². The van der Waals surface area contributed by atoms with Crippen molar-refractivity contribution >= 4 is 11.9 Å². The lowest BCUT2D eigenvalue weighted by atomic mass is 9.81. The highest BCUT2D eigenvalue weighted by Gasteiger charge is 2.47. The summed E-state index contributed by atoms with van der Waals surface area (Å²) in [5.74, 6) is 1.84. The number of hydrogen-bond donors (Lipinski definition) is 0. The number of nitrogens with zero attached hydrogens (tertiary/aromatic N) is 5. The molecule has 1 amide bonds. The minimum absolute atomic E-state index is 0.0844. The SMILES string of the molecule is Cc1cc(N2CCC(CN3CC4(CCCO4)C3)CC2(C)C)nn1C1CCN(C(=O)OC(C)(C)C)CC1. The second-order valence-electron chi connectivity index (χ2n) is 13.4. The summed E-state index contributed by atoms with van der Waals surface area (Å²) >= 11 is 0. The van der Waals surface area contributed by atoms with E-state index >= 15 is 0 Å². The van der Waals surface area contributed by atoms with Gasteiger partial charge in [-0.15, -0.1) is 0 Å². The van der Waals surface area contributed by atoms with Crippen LogP contribution in [0, 0.1) is 12.8 Å². The molecule has 8 nitrogen and oxygen atoms in total. The molecule has 1 aromatic rings. The van der Waals surface area contributed by atoms with Crippen molar-refractivity contribution in [1.29, 1.82) is 0 Å². The van der Waals surface area contributed by atoms with Crippen LogP contribution < -0.4 is 4.90 Å². The second kappa shape index (κ2) is 9.50. The predicted octanol–water partition coefficient (Wildman–Crippen LogP) is 4.62. The van der Waals surface area contributed by atoms with E-state index in [1.807, 2.05) is 25.7 Å². The van der Waals surface area contributed by atoms with E-state index in [1.54, 1.807) is 0 Å². The number of likely N-dealkylation sites (tertiary alicyclic amines) is 2.